The fourth-order valence-corrected chi connectivity index (χ4v) is 3.54. The molecule has 96 valence electrons. The van der Waals surface area contributed by atoms with E-state index in [0.29, 0.717) is 6.10 Å². The van der Waals surface area contributed by atoms with Crippen molar-refractivity contribution in [3.05, 3.63) is 0 Å². The van der Waals surface area contributed by atoms with E-state index in [1.807, 2.05) is 13.8 Å². The largest absolute Gasteiger partial charge is 0.397 e. The Bertz CT molecular complexity index is 169. The molecule has 0 N–H and O–H groups in total. The summed E-state index contributed by atoms with van der Waals surface area (Å²) in [5, 5.41) is 0. The predicted octanol–water partition coefficient (Wildman–Crippen LogP) is 1.47. The Balaban J connectivity index is 2.20. The van der Waals surface area contributed by atoms with Gasteiger partial charge in [-0.05, 0) is 20.3 Å². The maximum Gasteiger partial charge on any atom is 0.324 e. The molecule has 0 spiro atoms. The first kappa shape index (κ1) is 14.1. The van der Waals surface area contributed by atoms with E-state index in [1.54, 1.807) is 0 Å². The summed E-state index contributed by atoms with van der Waals surface area (Å²) in [5.74, 6) is 0. The quantitative estimate of drug-likeness (QED) is 0.434. The molecular formula is C11H24O4Si. The maximum atomic E-state index is 5.79. The average molecular weight is 248 g/mol. The molecule has 0 aromatic carbocycles. The number of rotatable bonds is 10. The van der Waals surface area contributed by atoms with Crippen LogP contribution in [0.2, 0.25) is 6.04 Å². The van der Waals surface area contributed by atoms with Gasteiger partial charge in [-0.2, -0.15) is 0 Å². The van der Waals surface area contributed by atoms with Gasteiger partial charge in [-0.1, -0.05) is 6.92 Å². The second kappa shape index (κ2) is 8.19. The van der Waals surface area contributed by atoms with E-state index in [-0.39, 0.29) is 6.10 Å². The highest BCUT2D eigenvalue weighted by atomic mass is 28.3. The highest BCUT2D eigenvalue weighted by molar-refractivity contribution is 6.44. The molecule has 0 aromatic heterocycles. The van der Waals surface area contributed by atoms with Gasteiger partial charge in [-0.15, -0.1) is 0 Å². The van der Waals surface area contributed by atoms with Crippen molar-refractivity contribution in [2.24, 2.45) is 0 Å². The Labute approximate surface area is 100 Å². The van der Waals surface area contributed by atoms with Gasteiger partial charge < -0.3 is 18.3 Å². The molecule has 1 aliphatic heterocycles. The van der Waals surface area contributed by atoms with Gasteiger partial charge in [0.2, 0.25) is 0 Å². The highest BCUT2D eigenvalue weighted by Crippen LogP contribution is 2.15. The van der Waals surface area contributed by atoms with E-state index in [4.69, 9.17) is 18.3 Å². The van der Waals surface area contributed by atoms with Gasteiger partial charge in [-0.3, -0.25) is 0 Å². The third-order valence-corrected chi connectivity index (χ3v) is 4.86. The first-order valence-corrected chi connectivity index (χ1v) is 8.02. The van der Waals surface area contributed by atoms with Gasteiger partial charge in [0.25, 0.3) is 0 Å². The maximum absolute atomic E-state index is 5.79. The second-order valence-corrected chi connectivity index (χ2v) is 5.89. The van der Waals surface area contributed by atoms with E-state index in [1.165, 1.54) is 0 Å². The molecule has 1 rings (SSSR count). The minimum atomic E-state index is -1.52. The summed E-state index contributed by atoms with van der Waals surface area (Å²) >= 11 is 0. The van der Waals surface area contributed by atoms with Gasteiger partial charge in [0.1, 0.15) is 6.10 Å². The summed E-state index contributed by atoms with van der Waals surface area (Å²) in [6.07, 6.45) is 1.61. The van der Waals surface area contributed by atoms with Crippen LogP contribution in [0, 0.1) is 0 Å². The first-order valence-electron chi connectivity index (χ1n) is 6.26. The molecule has 1 saturated heterocycles. The third kappa shape index (κ3) is 5.96. The van der Waals surface area contributed by atoms with Crippen LogP contribution in [-0.4, -0.2) is 47.9 Å². The van der Waals surface area contributed by atoms with Crippen LogP contribution in [0.5, 0.6) is 0 Å². The van der Waals surface area contributed by atoms with Crippen LogP contribution in [-0.2, 0) is 18.3 Å². The molecule has 0 amide bonds. The van der Waals surface area contributed by atoms with Crippen molar-refractivity contribution in [2.75, 3.05) is 26.4 Å². The Kier molecular flexibility index (Phi) is 7.23. The van der Waals surface area contributed by atoms with Crippen LogP contribution in [0.25, 0.3) is 0 Å². The molecule has 0 radical (unpaired) electrons. The molecule has 1 fully saturated rings. The van der Waals surface area contributed by atoms with Crippen molar-refractivity contribution in [1.29, 1.82) is 0 Å². The zero-order valence-electron chi connectivity index (χ0n) is 10.6. The van der Waals surface area contributed by atoms with E-state index >= 15 is 0 Å². The van der Waals surface area contributed by atoms with Crippen LogP contribution < -0.4 is 0 Å². The molecule has 4 nitrogen and oxygen atoms in total. The minimum absolute atomic E-state index is 0.263. The van der Waals surface area contributed by atoms with Gasteiger partial charge in [0, 0.05) is 19.3 Å². The molecule has 1 aliphatic rings. The second-order valence-electron chi connectivity index (χ2n) is 3.89. The molecule has 16 heavy (non-hydrogen) atoms. The van der Waals surface area contributed by atoms with Crippen LogP contribution in [0.3, 0.4) is 0 Å². The minimum Gasteiger partial charge on any atom is -0.397 e. The number of epoxide rings is 1. The summed E-state index contributed by atoms with van der Waals surface area (Å²) in [5.41, 5.74) is 0. The first-order chi connectivity index (χ1) is 7.80. The Morgan fingerprint density at radius 1 is 1.25 bits per heavy atom. The zero-order valence-corrected chi connectivity index (χ0v) is 11.8. The molecule has 0 bridgehead atoms. The molecule has 0 aromatic rings. The molecule has 2 unspecified atom stereocenters. The van der Waals surface area contributed by atoms with Gasteiger partial charge in [0.05, 0.1) is 19.3 Å². The fourth-order valence-electron chi connectivity index (χ4n) is 1.53. The molecule has 0 aliphatic carbocycles. The molecule has 1 heterocycles. The topological polar surface area (TPSA) is 40.2 Å². The standard InChI is InChI=1S/C11H24O4Si/c1-4-10(12-7-11-8-13-11)9-16(14-5-2)15-6-3/h10-11,16H,4-9H2,1-3H3. The van der Waals surface area contributed by atoms with Crippen molar-refractivity contribution in [1.82, 2.24) is 0 Å². The van der Waals surface area contributed by atoms with Gasteiger partial charge >= 0.3 is 9.28 Å². The van der Waals surface area contributed by atoms with Crippen LogP contribution in [0.4, 0.5) is 0 Å². The summed E-state index contributed by atoms with van der Waals surface area (Å²) in [6.45, 7) is 9.21. The number of ether oxygens (including phenoxy) is 2. The van der Waals surface area contributed by atoms with E-state index in [2.05, 4.69) is 6.92 Å². The Morgan fingerprint density at radius 3 is 2.31 bits per heavy atom. The number of hydrogen-bond acceptors (Lipinski definition) is 4. The summed E-state index contributed by atoms with van der Waals surface area (Å²) in [4.78, 5) is 0. The van der Waals surface area contributed by atoms with Crippen LogP contribution >= 0.6 is 0 Å². The zero-order chi connectivity index (χ0) is 11.8. The Morgan fingerprint density at radius 2 is 1.88 bits per heavy atom. The lowest BCUT2D eigenvalue weighted by molar-refractivity contribution is 0.0452. The normalized spacial score (nSPS) is 21.4. The van der Waals surface area contributed by atoms with Gasteiger partial charge in [0.15, 0.2) is 0 Å². The smallest absolute Gasteiger partial charge is 0.324 e. The lowest BCUT2D eigenvalue weighted by Crippen LogP contribution is -2.30. The third-order valence-electron chi connectivity index (χ3n) is 2.54. The highest BCUT2D eigenvalue weighted by Gasteiger charge is 2.25. The van der Waals surface area contributed by atoms with Crippen molar-refractivity contribution in [3.8, 4) is 0 Å². The molecule has 0 saturated carbocycles. The van der Waals surface area contributed by atoms with E-state index in [0.717, 1.165) is 38.9 Å². The molecule has 5 heteroatoms. The van der Waals surface area contributed by atoms with Gasteiger partial charge in [-0.25, -0.2) is 0 Å². The molecule has 2 atom stereocenters. The average Bonchev–Trinajstić information content (AvgIpc) is 3.08. The predicted molar refractivity (Wildman–Crippen MR) is 65.0 cm³/mol. The molecular weight excluding hydrogens is 224 g/mol. The monoisotopic (exact) mass is 248 g/mol. The van der Waals surface area contributed by atoms with Crippen LogP contribution in [0.1, 0.15) is 27.2 Å². The SMILES string of the molecule is CCO[SiH](CC(CC)OCC1CO1)OCC. The van der Waals surface area contributed by atoms with Crippen molar-refractivity contribution in [2.45, 2.75) is 45.4 Å². The van der Waals surface area contributed by atoms with Crippen LogP contribution in [0.15, 0.2) is 0 Å². The fraction of sp³-hybridized carbons (Fsp3) is 1.00. The van der Waals surface area contributed by atoms with E-state index in [9.17, 15) is 0 Å². The Hall–Kier alpha value is 0.0569. The lowest BCUT2D eigenvalue weighted by Gasteiger charge is -2.21. The lowest BCUT2D eigenvalue weighted by atomic mass is 10.3. The summed E-state index contributed by atoms with van der Waals surface area (Å²) in [7, 11) is -1.52. The van der Waals surface area contributed by atoms with Crippen molar-refractivity contribution < 1.29 is 18.3 Å². The van der Waals surface area contributed by atoms with E-state index < -0.39 is 9.28 Å². The van der Waals surface area contributed by atoms with Crippen molar-refractivity contribution in [3.63, 3.8) is 0 Å². The summed E-state index contributed by atoms with van der Waals surface area (Å²) < 4.78 is 22.2. The number of hydrogen-bond donors (Lipinski definition) is 0. The summed E-state index contributed by atoms with van der Waals surface area (Å²) in [6, 6.07) is 0.935. The van der Waals surface area contributed by atoms with Crippen molar-refractivity contribution >= 4 is 9.28 Å².